The van der Waals surface area contributed by atoms with Gasteiger partial charge in [-0.15, -0.1) is 0 Å². The van der Waals surface area contributed by atoms with Gasteiger partial charge in [0.2, 0.25) is 5.91 Å². The molecule has 1 saturated heterocycles. The molecule has 2 atom stereocenters. The van der Waals surface area contributed by atoms with Crippen molar-refractivity contribution in [1.82, 2.24) is 4.90 Å². The molecule has 27 heavy (non-hydrogen) atoms. The van der Waals surface area contributed by atoms with Crippen molar-refractivity contribution in [3.05, 3.63) is 60.2 Å². The number of morpholine rings is 1. The van der Waals surface area contributed by atoms with Crippen LogP contribution in [-0.2, 0) is 9.53 Å². The third-order valence-corrected chi connectivity index (χ3v) is 4.34. The summed E-state index contributed by atoms with van der Waals surface area (Å²) >= 11 is 0. The van der Waals surface area contributed by atoms with E-state index in [9.17, 15) is 9.59 Å². The van der Waals surface area contributed by atoms with Gasteiger partial charge in [0.15, 0.2) is 0 Å². The molecule has 2 aromatic rings. The summed E-state index contributed by atoms with van der Waals surface area (Å²) in [5.74, 6) is -0.401. The number of amides is 2. The molecule has 1 fully saturated rings. The predicted octanol–water partition coefficient (Wildman–Crippen LogP) is 2.99. The van der Waals surface area contributed by atoms with Crippen molar-refractivity contribution in [3.8, 4) is 0 Å². The van der Waals surface area contributed by atoms with E-state index < -0.39 is 0 Å². The molecule has 0 saturated carbocycles. The van der Waals surface area contributed by atoms with Gasteiger partial charge in [0.05, 0.1) is 30.0 Å². The number of carbonyl (C=O) groups is 2. The second-order valence-corrected chi connectivity index (χ2v) is 6.87. The van der Waals surface area contributed by atoms with Crippen molar-refractivity contribution in [1.29, 1.82) is 0 Å². The van der Waals surface area contributed by atoms with Gasteiger partial charge in [-0.25, -0.2) is 0 Å². The first-order valence-electron chi connectivity index (χ1n) is 9.14. The third kappa shape index (κ3) is 5.39. The fourth-order valence-corrected chi connectivity index (χ4v) is 3.32. The number of benzene rings is 2. The maximum atomic E-state index is 12.6. The number of anilines is 2. The van der Waals surface area contributed by atoms with Crippen LogP contribution in [0.5, 0.6) is 0 Å². The van der Waals surface area contributed by atoms with E-state index >= 15 is 0 Å². The third-order valence-electron chi connectivity index (χ3n) is 4.34. The summed E-state index contributed by atoms with van der Waals surface area (Å²) in [5, 5.41) is 5.72. The summed E-state index contributed by atoms with van der Waals surface area (Å²) in [6, 6.07) is 16.3. The van der Waals surface area contributed by atoms with Gasteiger partial charge in [0.1, 0.15) is 0 Å². The molecule has 2 N–H and O–H groups in total. The van der Waals surface area contributed by atoms with Gasteiger partial charge < -0.3 is 15.4 Å². The van der Waals surface area contributed by atoms with Crippen molar-refractivity contribution in [2.75, 3.05) is 30.3 Å². The van der Waals surface area contributed by atoms with Crippen LogP contribution in [0.15, 0.2) is 54.6 Å². The minimum absolute atomic E-state index is 0.102. The Kier molecular flexibility index (Phi) is 6.21. The number of rotatable bonds is 5. The molecular weight excluding hydrogens is 342 g/mol. The van der Waals surface area contributed by atoms with Crippen LogP contribution in [0.3, 0.4) is 0 Å². The minimum atomic E-state index is -0.259. The summed E-state index contributed by atoms with van der Waals surface area (Å²) in [6.45, 7) is 5.71. The zero-order valence-electron chi connectivity index (χ0n) is 15.6. The fourth-order valence-electron chi connectivity index (χ4n) is 3.32. The number of para-hydroxylation sites is 2. The highest BCUT2D eigenvalue weighted by Crippen LogP contribution is 2.18. The summed E-state index contributed by atoms with van der Waals surface area (Å²) in [7, 11) is 0. The summed E-state index contributed by atoms with van der Waals surface area (Å²) < 4.78 is 5.70. The first-order valence-corrected chi connectivity index (χ1v) is 9.14. The monoisotopic (exact) mass is 367 g/mol. The molecule has 0 bridgehead atoms. The largest absolute Gasteiger partial charge is 0.373 e. The Bertz CT molecular complexity index is 784. The highest BCUT2D eigenvalue weighted by Gasteiger charge is 2.24. The number of carbonyl (C=O) groups excluding carboxylic acids is 2. The van der Waals surface area contributed by atoms with Crippen LogP contribution in [0, 0.1) is 0 Å². The van der Waals surface area contributed by atoms with E-state index in [1.807, 2.05) is 44.2 Å². The smallest absolute Gasteiger partial charge is 0.257 e. The zero-order valence-corrected chi connectivity index (χ0v) is 15.6. The Morgan fingerprint density at radius 3 is 2.30 bits per heavy atom. The average Bonchev–Trinajstić information content (AvgIpc) is 2.62. The van der Waals surface area contributed by atoms with Crippen molar-refractivity contribution >= 4 is 23.2 Å². The SMILES string of the molecule is C[C@@H]1CN(CC(=O)Nc2ccccc2C(=O)Nc2ccccc2)C[C@@H](C)O1. The van der Waals surface area contributed by atoms with Crippen molar-refractivity contribution in [2.45, 2.75) is 26.1 Å². The quantitative estimate of drug-likeness (QED) is 0.852. The first-order chi connectivity index (χ1) is 13.0. The molecule has 6 nitrogen and oxygen atoms in total. The van der Waals surface area contributed by atoms with E-state index in [0.717, 1.165) is 0 Å². The van der Waals surface area contributed by atoms with Gasteiger partial charge in [-0.2, -0.15) is 0 Å². The molecule has 142 valence electrons. The lowest BCUT2D eigenvalue weighted by Gasteiger charge is -2.34. The van der Waals surface area contributed by atoms with Gasteiger partial charge in [-0.1, -0.05) is 30.3 Å². The maximum Gasteiger partial charge on any atom is 0.257 e. The highest BCUT2D eigenvalue weighted by molar-refractivity contribution is 6.10. The fraction of sp³-hybridized carbons (Fsp3) is 0.333. The molecule has 0 aromatic heterocycles. The molecule has 0 aliphatic carbocycles. The molecule has 3 rings (SSSR count). The number of nitrogens with zero attached hydrogens (tertiary/aromatic N) is 1. The van der Waals surface area contributed by atoms with Crippen LogP contribution in [0.25, 0.3) is 0 Å². The molecule has 0 radical (unpaired) electrons. The topological polar surface area (TPSA) is 70.7 Å². The van der Waals surface area contributed by atoms with Crippen molar-refractivity contribution in [3.63, 3.8) is 0 Å². The Hall–Kier alpha value is -2.70. The van der Waals surface area contributed by atoms with Crippen LogP contribution in [0.2, 0.25) is 0 Å². The number of hydrogen-bond acceptors (Lipinski definition) is 4. The van der Waals surface area contributed by atoms with E-state index in [-0.39, 0.29) is 30.6 Å². The number of nitrogens with one attached hydrogen (secondary N) is 2. The molecule has 0 spiro atoms. The van der Waals surface area contributed by atoms with E-state index in [4.69, 9.17) is 4.74 Å². The van der Waals surface area contributed by atoms with E-state index in [1.165, 1.54) is 0 Å². The molecule has 2 amide bonds. The van der Waals surface area contributed by atoms with Crippen LogP contribution in [0.4, 0.5) is 11.4 Å². The Morgan fingerprint density at radius 2 is 1.59 bits per heavy atom. The van der Waals surface area contributed by atoms with Gasteiger partial charge in [0.25, 0.3) is 5.91 Å². The lowest BCUT2D eigenvalue weighted by Crippen LogP contribution is -2.48. The van der Waals surface area contributed by atoms with Crippen LogP contribution >= 0.6 is 0 Å². The van der Waals surface area contributed by atoms with Gasteiger partial charge in [0, 0.05) is 18.8 Å². The summed E-state index contributed by atoms with van der Waals surface area (Å²) in [4.78, 5) is 27.2. The van der Waals surface area contributed by atoms with E-state index in [2.05, 4.69) is 15.5 Å². The lowest BCUT2D eigenvalue weighted by atomic mass is 10.1. The summed E-state index contributed by atoms with van der Waals surface area (Å²) in [6.07, 6.45) is 0.205. The first kappa shape index (κ1) is 19.1. The van der Waals surface area contributed by atoms with Crippen LogP contribution in [0.1, 0.15) is 24.2 Å². The molecule has 6 heteroatoms. The maximum absolute atomic E-state index is 12.6. The normalized spacial score (nSPS) is 20.1. The molecule has 1 aliphatic heterocycles. The van der Waals surface area contributed by atoms with Crippen molar-refractivity contribution < 1.29 is 14.3 Å². The second-order valence-electron chi connectivity index (χ2n) is 6.87. The molecule has 1 heterocycles. The van der Waals surface area contributed by atoms with Gasteiger partial charge in [-0.05, 0) is 38.1 Å². The zero-order chi connectivity index (χ0) is 19.2. The van der Waals surface area contributed by atoms with Gasteiger partial charge in [-0.3, -0.25) is 14.5 Å². The van der Waals surface area contributed by atoms with E-state index in [1.54, 1.807) is 24.3 Å². The van der Waals surface area contributed by atoms with Gasteiger partial charge >= 0.3 is 0 Å². The lowest BCUT2D eigenvalue weighted by molar-refractivity contribution is -0.121. The average molecular weight is 367 g/mol. The Balaban J connectivity index is 1.65. The number of ether oxygens (including phenoxy) is 1. The second kappa shape index (κ2) is 8.79. The number of hydrogen-bond donors (Lipinski definition) is 2. The molecular formula is C21H25N3O3. The molecule has 2 aromatic carbocycles. The van der Waals surface area contributed by atoms with Crippen LogP contribution < -0.4 is 10.6 Å². The molecule has 0 unspecified atom stereocenters. The highest BCUT2D eigenvalue weighted by atomic mass is 16.5. The predicted molar refractivity (Wildman–Crippen MR) is 106 cm³/mol. The summed E-state index contributed by atoms with van der Waals surface area (Å²) in [5.41, 5.74) is 1.64. The minimum Gasteiger partial charge on any atom is -0.373 e. The molecule has 1 aliphatic rings. The Labute approximate surface area is 159 Å². The van der Waals surface area contributed by atoms with E-state index in [0.29, 0.717) is 30.0 Å². The van der Waals surface area contributed by atoms with Crippen molar-refractivity contribution in [2.24, 2.45) is 0 Å². The van der Waals surface area contributed by atoms with Crippen LogP contribution in [-0.4, -0.2) is 48.6 Å². The Morgan fingerprint density at radius 1 is 0.963 bits per heavy atom. The standard InChI is InChI=1S/C21H25N3O3/c1-15-12-24(13-16(2)27-15)14-20(25)23-19-11-7-6-10-18(19)21(26)22-17-8-4-3-5-9-17/h3-11,15-16H,12-14H2,1-2H3,(H,22,26)(H,23,25)/t15-,16-/m1/s1.